The Kier molecular flexibility index (Phi) is 3.01. The quantitative estimate of drug-likeness (QED) is 0.687. The first kappa shape index (κ1) is 10.6. The van der Waals surface area contributed by atoms with Gasteiger partial charge in [-0.2, -0.15) is 24.5 Å². The van der Waals surface area contributed by atoms with Crippen molar-refractivity contribution < 1.29 is 13.2 Å². The fraction of sp³-hybridized carbons (Fsp3) is 0.556. The topological polar surface area (TPSA) is 0 Å². The molecule has 4 heteroatoms. The SMILES string of the molecule is CC(C)C(c1ccsc1)C(F)(F)F. The molecule has 0 aliphatic carbocycles. The number of thiophene rings is 1. The maximum Gasteiger partial charge on any atom is 0.396 e. The summed E-state index contributed by atoms with van der Waals surface area (Å²) in [4.78, 5) is 0. The zero-order valence-corrected chi connectivity index (χ0v) is 8.25. The van der Waals surface area contributed by atoms with E-state index in [0.29, 0.717) is 5.56 Å². The average Bonchev–Trinajstić information content (AvgIpc) is 2.34. The molecular formula is C9H11F3S. The van der Waals surface area contributed by atoms with Crippen molar-refractivity contribution in [1.29, 1.82) is 0 Å². The van der Waals surface area contributed by atoms with Gasteiger partial charge in [0, 0.05) is 0 Å². The molecule has 0 saturated heterocycles. The van der Waals surface area contributed by atoms with Crippen LogP contribution in [-0.2, 0) is 0 Å². The molecule has 0 aliphatic rings. The number of alkyl halides is 3. The van der Waals surface area contributed by atoms with E-state index in [-0.39, 0.29) is 0 Å². The van der Waals surface area contributed by atoms with Gasteiger partial charge in [-0.1, -0.05) is 13.8 Å². The predicted molar refractivity (Wildman–Crippen MR) is 48.0 cm³/mol. The molecular weight excluding hydrogens is 197 g/mol. The van der Waals surface area contributed by atoms with E-state index < -0.39 is 18.0 Å². The average molecular weight is 208 g/mol. The highest BCUT2D eigenvalue weighted by Crippen LogP contribution is 2.40. The summed E-state index contributed by atoms with van der Waals surface area (Å²) in [6.07, 6.45) is -4.13. The molecule has 0 saturated carbocycles. The third-order valence-electron chi connectivity index (χ3n) is 1.92. The first-order chi connectivity index (χ1) is 5.93. The molecule has 0 bridgehead atoms. The van der Waals surface area contributed by atoms with Crippen LogP contribution in [0.15, 0.2) is 16.8 Å². The molecule has 0 spiro atoms. The van der Waals surface area contributed by atoms with Crippen LogP contribution in [0, 0.1) is 5.92 Å². The second kappa shape index (κ2) is 3.70. The Labute approximate surface area is 79.4 Å². The van der Waals surface area contributed by atoms with Crippen molar-refractivity contribution in [2.45, 2.75) is 25.9 Å². The standard InChI is InChI=1S/C9H11F3S/c1-6(2)8(9(10,11)12)7-3-4-13-5-7/h3-6,8H,1-2H3. The van der Waals surface area contributed by atoms with Crippen molar-refractivity contribution in [3.8, 4) is 0 Å². The third kappa shape index (κ3) is 2.46. The first-order valence-corrected chi connectivity index (χ1v) is 4.96. The molecule has 0 radical (unpaired) electrons. The summed E-state index contributed by atoms with van der Waals surface area (Å²) in [6.45, 7) is 3.19. The Hall–Kier alpha value is -0.510. The Morgan fingerprint density at radius 1 is 1.31 bits per heavy atom. The molecule has 1 heterocycles. The summed E-state index contributed by atoms with van der Waals surface area (Å²) in [7, 11) is 0. The number of hydrogen-bond acceptors (Lipinski definition) is 1. The maximum atomic E-state index is 12.5. The highest BCUT2D eigenvalue weighted by Gasteiger charge is 2.42. The normalized spacial score (nSPS) is 14.9. The van der Waals surface area contributed by atoms with Crippen LogP contribution in [0.4, 0.5) is 13.2 Å². The Morgan fingerprint density at radius 3 is 2.23 bits per heavy atom. The van der Waals surface area contributed by atoms with E-state index >= 15 is 0 Å². The van der Waals surface area contributed by atoms with Gasteiger partial charge < -0.3 is 0 Å². The summed E-state index contributed by atoms with van der Waals surface area (Å²) in [5, 5.41) is 3.24. The van der Waals surface area contributed by atoms with Gasteiger partial charge in [0.1, 0.15) is 0 Å². The predicted octanol–water partition coefficient (Wildman–Crippen LogP) is 4.05. The lowest BCUT2D eigenvalue weighted by atomic mass is 9.90. The second-order valence-corrected chi connectivity index (χ2v) is 4.10. The molecule has 0 aromatic carbocycles. The fourth-order valence-corrected chi connectivity index (χ4v) is 2.10. The summed E-state index contributed by atoms with van der Waals surface area (Å²) in [6, 6.07) is 1.54. The summed E-state index contributed by atoms with van der Waals surface area (Å²) in [5.74, 6) is -1.73. The van der Waals surface area contributed by atoms with Crippen molar-refractivity contribution in [1.82, 2.24) is 0 Å². The summed E-state index contributed by atoms with van der Waals surface area (Å²) in [5.41, 5.74) is 0.382. The lowest BCUT2D eigenvalue weighted by Gasteiger charge is -2.22. The minimum Gasteiger partial charge on any atom is -0.170 e. The van der Waals surface area contributed by atoms with E-state index in [1.165, 1.54) is 11.3 Å². The van der Waals surface area contributed by atoms with Gasteiger partial charge in [0.25, 0.3) is 0 Å². The van der Waals surface area contributed by atoms with E-state index in [2.05, 4.69) is 0 Å². The van der Waals surface area contributed by atoms with E-state index in [1.807, 2.05) is 0 Å². The van der Waals surface area contributed by atoms with Gasteiger partial charge in [-0.05, 0) is 28.3 Å². The number of hydrogen-bond donors (Lipinski definition) is 0. The zero-order chi connectivity index (χ0) is 10.1. The van der Waals surface area contributed by atoms with Crippen LogP contribution in [0.5, 0.6) is 0 Å². The van der Waals surface area contributed by atoms with Crippen molar-refractivity contribution >= 4 is 11.3 Å². The van der Waals surface area contributed by atoms with E-state index in [0.717, 1.165) is 0 Å². The Balaban J connectivity index is 2.94. The molecule has 13 heavy (non-hydrogen) atoms. The second-order valence-electron chi connectivity index (χ2n) is 3.32. The largest absolute Gasteiger partial charge is 0.396 e. The molecule has 1 aromatic heterocycles. The minimum atomic E-state index is -4.13. The van der Waals surface area contributed by atoms with Gasteiger partial charge in [0.15, 0.2) is 0 Å². The van der Waals surface area contributed by atoms with Gasteiger partial charge in [-0.25, -0.2) is 0 Å². The van der Waals surface area contributed by atoms with Gasteiger partial charge >= 0.3 is 6.18 Å². The fourth-order valence-electron chi connectivity index (χ4n) is 1.40. The van der Waals surface area contributed by atoms with Crippen LogP contribution in [0.1, 0.15) is 25.3 Å². The molecule has 0 N–H and O–H groups in total. The van der Waals surface area contributed by atoms with Crippen LogP contribution in [0.25, 0.3) is 0 Å². The van der Waals surface area contributed by atoms with Crippen molar-refractivity contribution in [2.24, 2.45) is 5.92 Å². The molecule has 1 unspecified atom stereocenters. The lowest BCUT2D eigenvalue weighted by molar-refractivity contribution is -0.159. The van der Waals surface area contributed by atoms with Gasteiger partial charge in [-0.15, -0.1) is 0 Å². The van der Waals surface area contributed by atoms with Crippen molar-refractivity contribution in [3.63, 3.8) is 0 Å². The number of rotatable bonds is 2. The smallest absolute Gasteiger partial charge is 0.170 e. The molecule has 0 amide bonds. The monoisotopic (exact) mass is 208 g/mol. The zero-order valence-electron chi connectivity index (χ0n) is 7.43. The van der Waals surface area contributed by atoms with Gasteiger partial charge in [-0.3, -0.25) is 0 Å². The van der Waals surface area contributed by atoms with Crippen LogP contribution in [-0.4, -0.2) is 6.18 Å². The minimum absolute atomic E-state index is 0.382. The van der Waals surface area contributed by atoms with E-state index in [4.69, 9.17) is 0 Å². The van der Waals surface area contributed by atoms with Gasteiger partial charge in [0.2, 0.25) is 0 Å². The molecule has 1 aromatic rings. The third-order valence-corrected chi connectivity index (χ3v) is 2.62. The highest BCUT2D eigenvalue weighted by atomic mass is 32.1. The summed E-state index contributed by atoms with van der Waals surface area (Å²) < 4.78 is 37.6. The van der Waals surface area contributed by atoms with Crippen molar-refractivity contribution in [2.75, 3.05) is 0 Å². The van der Waals surface area contributed by atoms with Crippen molar-refractivity contribution in [3.05, 3.63) is 22.4 Å². The van der Waals surface area contributed by atoms with Crippen LogP contribution in [0.3, 0.4) is 0 Å². The van der Waals surface area contributed by atoms with Crippen LogP contribution >= 0.6 is 11.3 Å². The first-order valence-electron chi connectivity index (χ1n) is 4.01. The van der Waals surface area contributed by atoms with Crippen LogP contribution < -0.4 is 0 Å². The molecule has 0 fully saturated rings. The highest BCUT2D eigenvalue weighted by molar-refractivity contribution is 7.07. The molecule has 1 atom stereocenters. The Bertz CT molecular complexity index is 248. The lowest BCUT2D eigenvalue weighted by Crippen LogP contribution is -2.24. The maximum absolute atomic E-state index is 12.5. The van der Waals surface area contributed by atoms with Crippen LogP contribution in [0.2, 0.25) is 0 Å². The van der Waals surface area contributed by atoms with E-state index in [9.17, 15) is 13.2 Å². The molecule has 1 rings (SSSR count). The molecule has 74 valence electrons. The molecule has 0 nitrogen and oxygen atoms in total. The summed E-state index contributed by atoms with van der Waals surface area (Å²) >= 11 is 1.30. The van der Waals surface area contributed by atoms with E-state index in [1.54, 1.807) is 30.7 Å². The number of halogens is 3. The Morgan fingerprint density at radius 2 is 1.92 bits per heavy atom. The van der Waals surface area contributed by atoms with Gasteiger partial charge in [0.05, 0.1) is 5.92 Å². The molecule has 0 aliphatic heterocycles.